The predicted octanol–water partition coefficient (Wildman–Crippen LogP) is 2.30. The zero-order valence-electron chi connectivity index (χ0n) is 12.4. The van der Waals surface area contributed by atoms with Crippen LogP contribution in [-0.2, 0) is 4.79 Å². The fraction of sp³-hybridized carbons (Fsp3) is 0.938. The first-order valence-electron chi connectivity index (χ1n) is 8.23. The summed E-state index contributed by atoms with van der Waals surface area (Å²) in [6.45, 7) is 5.00. The second-order valence-electron chi connectivity index (χ2n) is 7.60. The maximum atomic E-state index is 12.9. The number of carbonyl (C=O) groups excluding carboxylic acids is 1. The minimum Gasteiger partial charge on any atom is -0.340 e. The maximum Gasteiger partial charge on any atom is 0.226 e. The van der Waals surface area contributed by atoms with E-state index in [1.807, 2.05) is 0 Å². The lowest BCUT2D eigenvalue weighted by Gasteiger charge is -2.54. The van der Waals surface area contributed by atoms with Crippen molar-refractivity contribution in [2.45, 2.75) is 45.1 Å². The first-order chi connectivity index (χ1) is 9.20. The van der Waals surface area contributed by atoms with E-state index in [-0.39, 0.29) is 12.4 Å². The van der Waals surface area contributed by atoms with Crippen molar-refractivity contribution in [3.05, 3.63) is 0 Å². The summed E-state index contributed by atoms with van der Waals surface area (Å²) in [7, 11) is 0. The molecule has 0 spiro atoms. The van der Waals surface area contributed by atoms with Crippen LogP contribution in [0.4, 0.5) is 0 Å². The molecule has 1 aliphatic heterocycles. The Bertz CT molecular complexity index is 359. The highest BCUT2D eigenvalue weighted by atomic mass is 35.5. The van der Waals surface area contributed by atoms with Crippen molar-refractivity contribution in [3.8, 4) is 0 Å². The molecule has 5 rings (SSSR count). The third-order valence-corrected chi connectivity index (χ3v) is 6.19. The van der Waals surface area contributed by atoms with Crippen molar-refractivity contribution in [1.29, 1.82) is 0 Å². The molecule has 4 bridgehead atoms. The van der Waals surface area contributed by atoms with Gasteiger partial charge in [-0.1, -0.05) is 0 Å². The van der Waals surface area contributed by atoms with Crippen LogP contribution >= 0.6 is 12.4 Å². The Kier molecular flexibility index (Phi) is 4.02. The van der Waals surface area contributed by atoms with Gasteiger partial charge >= 0.3 is 0 Å². The second-order valence-corrected chi connectivity index (χ2v) is 7.60. The van der Waals surface area contributed by atoms with Crippen LogP contribution in [0.1, 0.15) is 39.0 Å². The number of hydrogen-bond donors (Lipinski definition) is 1. The minimum atomic E-state index is 0. The summed E-state index contributed by atoms with van der Waals surface area (Å²) in [5.74, 6) is 4.28. The van der Waals surface area contributed by atoms with Crippen molar-refractivity contribution in [2.24, 2.45) is 29.6 Å². The fourth-order valence-corrected chi connectivity index (χ4v) is 5.67. The quantitative estimate of drug-likeness (QED) is 0.806. The average molecular weight is 299 g/mol. The van der Waals surface area contributed by atoms with Gasteiger partial charge in [-0.05, 0) is 62.7 Å². The number of rotatable bonds is 1. The Hall–Kier alpha value is -0.280. The van der Waals surface area contributed by atoms with E-state index in [2.05, 4.69) is 17.1 Å². The molecule has 5 aliphatic rings. The zero-order valence-corrected chi connectivity index (χ0v) is 13.2. The van der Waals surface area contributed by atoms with Gasteiger partial charge in [0.2, 0.25) is 5.91 Å². The van der Waals surface area contributed by atoms with Gasteiger partial charge in [0.1, 0.15) is 0 Å². The number of piperazine rings is 1. The van der Waals surface area contributed by atoms with Crippen LogP contribution in [0.2, 0.25) is 0 Å². The molecule has 1 unspecified atom stereocenters. The number of amides is 1. The van der Waals surface area contributed by atoms with E-state index in [1.165, 1.54) is 32.1 Å². The Morgan fingerprint density at radius 3 is 2.20 bits per heavy atom. The summed E-state index contributed by atoms with van der Waals surface area (Å²) in [5.41, 5.74) is 0. The number of nitrogens with zero attached hydrogens (tertiary/aromatic N) is 1. The van der Waals surface area contributed by atoms with Gasteiger partial charge in [-0.25, -0.2) is 0 Å². The van der Waals surface area contributed by atoms with E-state index in [4.69, 9.17) is 0 Å². The van der Waals surface area contributed by atoms with Gasteiger partial charge in [0, 0.05) is 31.6 Å². The van der Waals surface area contributed by atoms with Crippen LogP contribution in [0.15, 0.2) is 0 Å². The average Bonchev–Trinajstić information content (AvgIpc) is 2.37. The largest absolute Gasteiger partial charge is 0.340 e. The van der Waals surface area contributed by atoms with E-state index in [1.54, 1.807) is 0 Å². The van der Waals surface area contributed by atoms with Crippen molar-refractivity contribution in [1.82, 2.24) is 10.2 Å². The molecule has 0 radical (unpaired) electrons. The SMILES string of the molecule is CC1CN(C(=O)C2C3CC4CC(C3)CC2C4)CCN1.Cl. The lowest BCUT2D eigenvalue weighted by Crippen LogP contribution is -2.57. The van der Waals surface area contributed by atoms with E-state index in [0.29, 0.717) is 17.9 Å². The minimum absolute atomic E-state index is 0. The van der Waals surface area contributed by atoms with Crippen LogP contribution < -0.4 is 5.32 Å². The summed E-state index contributed by atoms with van der Waals surface area (Å²) >= 11 is 0. The first kappa shape index (κ1) is 14.6. The molecule has 3 nitrogen and oxygen atoms in total. The summed E-state index contributed by atoms with van der Waals surface area (Å²) < 4.78 is 0. The highest BCUT2D eigenvalue weighted by Crippen LogP contribution is 2.56. The summed E-state index contributed by atoms with van der Waals surface area (Å²) in [6.07, 6.45) is 6.88. The van der Waals surface area contributed by atoms with Crippen molar-refractivity contribution < 1.29 is 4.79 Å². The lowest BCUT2D eigenvalue weighted by molar-refractivity contribution is -0.150. The van der Waals surface area contributed by atoms with Gasteiger partial charge < -0.3 is 10.2 Å². The Balaban J connectivity index is 0.00000121. The van der Waals surface area contributed by atoms with E-state index in [0.717, 1.165) is 43.3 Å². The molecule has 1 N–H and O–H groups in total. The third-order valence-electron chi connectivity index (χ3n) is 6.19. The zero-order chi connectivity index (χ0) is 13.0. The molecule has 114 valence electrons. The van der Waals surface area contributed by atoms with Crippen LogP contribution in [0.5, 0.6) is 0 Å². The van der Waals surface area contributed by atoms with Crippen LogP contribution in [-0.4, -0.2) is 36.5 Å². The van der Waals surface area contributed by atoms with Gasteiger partial charge in [-0.15, -0.1) is 12.4 Å². The van der Waals surface area contributed by atoms with Crippen LogP contribution in [0, 0.1) is 29.6 Å². The van der Waals surface area contributed by atoms with Crippen molar-refractivity contribution in [2.75, 3.05) is 19.6 Å². The standard InChI is InChI=1S/C16H26N2O.ClH/c1-10-9-18(3-2-17-10)16(19)15-13-5-11-4-12(7-13)8-14(15)6-11;/h10-15,17H,2-9H2,1H3;1H. The number of halogens is 1. The molecular formula is C16H27ClN2O. The molecule has 0 aromatic carbocycles. The fourth-order valence-electron chi connectivity index (χ4n) is 5.67. The predicted molar refractivity (Wildman–Crippen MR) is 81.8 cm³/mol. The molecular weight excluding hydrogens is 272 g/mol. The Morgan fingerprint density at radius 2 is 1.65 bits per heavy atom. The molecule has 4 heteroatoms. The smallest absolute Gasteiger partial charge is 0.226 e. The monoisotopic (exact) mass is 298 g/mol. The van der Waals surface area contributed by atoms with E-state index < -0.39 is 0 Å². The first-order valence-corrected chi connectivity index (χ1v) is 8.23. The molecule has 1 saturated heterocycles. The molecule has 20 heavy (non-hydrogen) atoms. The topological polar surface area (TPSA) is 32.3 Å². The second kappa shape index (κ2) is 5.49. The molecule has 1 heterocycles. The molecule has 5 fully saturated rings. The lowest BCUT2D eigenvalue weighted by atomic mass is 9.51. The normalized spacial score (nSPS) is 46.1. The highest BCUT2D eigenvalue weighted by Gasteiger charge is 2.51. The van der Waals surface area contributed by atoms with E-state index >= 15 is 0 Å². The molecule has 1 atom stereocenters. The molecule has 1 amide bonds. The van der Waals surface area contributed by atoms with Gasteiger partial charge in [0.15, 0.2) is 0 Å². The van der Waals surface area contributed by atoms with Crippen LogP contribution in [0.3, 0.4) is 0 Å². The molecule has 0 aromatic rings. The maximum absolute atomic E-state index is 12.9. The van der Waals surface area contributed by atoms with E-state index in [9.17, 15) is 4.79 Å². The summed E-state index contributed by atoms with van der Waals surface area (Å²) in [6, 6.07) is 0.467. The van der Waals surface area contributed by atoms with Gasteiger partial charge in [0.25, 0.3) is 0 Å². The molecule has 4 aliphatic carbocycles. The number of hydrogen-bond acceptors (Lipinski definition) is 2. The van der Waals surface area contributed by atoms with Crippen molar-refractivity contribution >= 4 is 18.3 Å². The highest BCUT2D eigenvalue weighted by molar-refractivity contribution is 5.85. The van der Waals surface area contributed by atoms with Gasteiger partial charge in [0.05, 0.1) is 0 Å². The Morgan fingerprint density at radius 1 is 1.05 bits per heavy atom. The summed E-state index contributed by atoms with van der Waals surface area (Å²) in [5, 5.41) is 3.44. The summed E-state index contributed by atoms with van der Waals surface area (Å²) in [4.78, 5) is 15.1. The number of carbonyl (C=O) groups is 1. The molecule has 4 saturated carbocycles. The van der Waals surface area contributed by atoms with Crippen LogP contribution in [0.25, 0.3) is 0 Å². The Labute approximate surface area is 128 Å². The van der Waals surface area contributed by atoms with Crippen molar-refractivity contribution in [3.63, 3.8) is 0 Å². The van der Waals surface area contributed by atoms with Gasteiger partial charge in [-0.3, -0.25) is 4.79 Å². The number of nitrogens with one attached hydrogen (secondary N) is 1. The van der Waals surface area contributed by atoms with Gasteiger partial charge in [-0.2, -0.15) is 0 Å². The molecule has 0 aromatic heterocycles. The third kappa shape index (κ3) is 2.37.